The Labute approximate surface area is 78.7 Å². The van der Waals surface area contributed by atoms with Gasteiger partial charge in [-0.25, -0.2) is 4.68 Å². The third kappa shape index (κ3) is 1.04. The van der Waals surface area contributed by atoms with Crippen LogP contribution in [-0.2, 0) is 7.05 Å². The molecule has 0 aliphatic rings. The smallest absolute Gasteiger partial charge is 0.267 e. The molecule has 2 aromatic rings. The molecule has 0 fully saturated rings. The molecule has 0 saturated carbocycles. The minimum absolute atomic E-state index is 0.206. The molecule has 0 unspecified atom stereocenters. The van der Waals surface area contributed by atoms with Gasteiger partial charge in [0, 0.05) is 7.05 Å². The molecule has 0 saturated heterocycles. The first-order chi connectivity index (χ1) is 6.11. The molecule has 0 radical (unpaired) electrons. The summed E-state index contributed by atoms with van der Waals surface area (Å²) in [6.45, 7) is 1.73. The molecule has 0 bridgehead atoms. The lowest BCUT2D eigenvalue weighted by Gasteiger charge is -1.93. The van der Waals surface area contributed by atoms with Crippen molar-refractivity contribution in [3.8, 4) is 0 Å². The molecule has 0 N–H and O–H groups in total. The minimum Gasteiger partial charge on any atom is -0.267 e. The van der Waals surface area contributed by atoms with E-state index in [0.717, 1.165) is 0 Å². The van der Waals surface area contributed by atoms with Crippen LogP contribution < -0.4 is 5.56 Å². The van der Waals surface area contributed by atoms with Gasteiger partial charge < -0.3 is 0 Å². The average Bonchev–Trinajstić information content (AvgIpc) is 2.35. The predicted molar refractivity (Wildman–Crippen MR) is 49.7 cm³/mol. The second kappa shape index (κ2) is 2.56. The predicted octanol–water partition coefficient (Wildman–Crippen LogP) is -0.474. The van der Waals surface area contributed by atoms with E-state index < -0.39 is 0 Å². The van der Waals surface area contributed by atoms with Crippen molar-refractivity contribution in [2.75, 3.05) is 0 Å². The third-order valence-electron chi connectivity index (χ3n) is 1.80. The van der Waals surface area contributed by atoms with Crippen molar-refractivity contribution >= 4 is 23.8 Å². The number of hydrogen-bond donors (Lipinski definition) is 1. The number of fused-ring (bicyclic) bond motifs is 1. The SMILES string of the molecule is Cc1nn(S)c2nnn(C)c(=O)c12. The zero-order valence-corrected chi connectivity index (χ0v) is 7.99. The van der Waals surface area contributed by atoms with E-state index in [9.17, 15) is 4.79 Å². The lowest BCUT2D eigenvalue weighted by Crippen LogP contribution is -2.20. The molecule has 0 aromatic carbocycles. The Hall–Kier alpha value is -1.37. The molecule has 0 spiro atoms. The van der Waals surface area contributed by atoms with E-state index >= 15 is 0 Å². The average molecular weight is 197 g/mol. The fraction of sp³-hybridized carbons (Fsp3) is 0.333. The molecule has 0 aliphatic carbocycles. The van der Waals surface area contributed by atoms with Gasteiger partial charge in [0.05, 0.1) is 5.69 Å². The first-order valence-electron chi connectivity index (χ1n) is 3.60. The Morgan fingerprint density at radius 1 is 1.46 bits per heavy atom. The molecule has 2 aromatic heterocycles. The van der Waals surface area contributed by atoms with Gasteiger partial charge in [-0.1, -0.05) is 5.21 Å². The van der Waals surface area contributed by atoms with E-state index in [-0.39, 0.29) is 5.56 Å². The van der Waals surface area contributed by atoms with E-state index in [0.29, 0.717) is 16.7 Å². The van der Waals surface area contributed by atoms with Crippen LogP contribution in [0.3, 0.4) is 0 Å². The topological polar surface area (TPSA) is 65.6 Å². The fourth-order valence-corrected chi connectivity index (χ4v) is 1.43. The quantitative estimate of drug-likeness (QED) is 0.580. The van der Waals surface area contributed by atoms with E-state index in [1.54, 1.807) is 14.0 Å². The monoisotopic (exact) mass is 197 g/mol. The summed E-state index contributed by atoms with van der Waals surface area (Å²) in [6, 6.07) is 0. The van der Waals surface area contributed by atoms with Crippen molar-refractivity contribution in [3.63, 3.8) is 0 Å². The minimum atomic E-state index is -0.206. The Morgan fingerprint density at radius 2 is 2.15 bits per heavy atom. The van der Waals surface area contributed by atoms with Crippen LogP contribution in [0.4, 0.5) is 0 Å². The summed E-state index contributed by atoms with van der Waals surface area (Å²) in [5.74, 6) is 0. The molecule has 0 atom stereocenters. The number of nitrogens with zero attached hydrogens (tertiary/aromatic N) is 5. The summed E-state index contributed by atoms with van der Waals surface area (Å²) in [4.78, 5) is 11.5. The Kier molecular flexibility index (Phi) is 1.62. The van der Waals surface area contributed by atoms with Crippen LogP contribution in [0.5, 0.6) is 0 Å². The number of rotatable bonds is 0. The number of hydrogen-bond acceptors (Lipinski definition) is 5. The number of aromatic nitrogens is 5. The normalized spacial score (nSPS) is 11.0. The summed E-state index contributed by atoms with van der Waals surface area (Å²) in [5, 5.41) is 11.8. The lowest BCUT2D eigenvalue weighted by molar-refractivity contribution is 0.654. The van der Waals surface area contributed by atoms with Gasteiger partial charge in [0.25, 0.3) is 5.56 Å². The van der Waals surface area contributed by atoms with Gasteiger partial charge >= 0.3 is 0 Å². The van der Waals surface area contributed by atoms with E-state index in [1.807, 2.05) is 0 Å². The van der Waals surface area contributed by atoms with Gasteiger partial charge in [0.1, 0.15) is 5.39 Å². The summed E-state index contributed by atoms with van der Waals surface area (Å²) in [7, 11) is 1.55. The maximum Gasteiger partial charge on any atom is 0.280 e. The maximum absolute atomic E-state index is 11.5. The number of thiol groups is 1. The highest BCUT2D eigenvalue weighted by atomic mass is 32.1. The molecule has 0 amide bonds. The van der Waals surface area contributed by atoms with Gasteiger partial charge in [-0.2, -0.15) is 9.19 Å². The highest BCUT2D eigenvalue weighted by molar-refractivity contribution is 7.78. The van der Waals surface area contributed by atoms with Crippen LogP contribution >= 0.6 is 12.8 Å². The van der Waals surface area contributed by atoms with Crippen molar-refractivity contribution in [2.45, 2.75) is 6.92 Å². The van der Waals surface area contributed by atoms with Gasteiger partial charge in [-0.15, -0.1) is 5.10 Å². The first-order valence-corrected chi connectivity index (χ1v) is 4.00. The summed E-state index contributed by atoms with van der Waals surface area (Å²) in [6.07, 6.45) is 0. The molecule has 13 heavy (non-hydrogen) atoms. The van der Waals surface area contributed by atoms with Crippen LogP contribution in [0.2, 0.25) is 0 Å². The number of aryl methyl sites for hydroxylation is 2. The summed E-state index contributed by atoms with van der Waals surface area (Å²) in [5.41, 5.74) is 0.798. The van der Waals surface area contributed by atoms with Gasteiger partial charge in [-0.05, 0) is 19.7 Å². The maximum atomic E-state index is 11.5. The highest BCUT2D eigenvalue weighted by Gasteiger charge is 2.11. The highest BCUT2D eigenvalue weighted by Crippen LogP contribution is 2.10. The van der Waals surface area contributed by atoms with Gasteiger partial charge in [0.15, 0.2) is 5.65 Å². The van der Waals surface area contributed by atoms with Crippen molar-refractivity contribution < 1.29 is 0 Å². The Balaban J connectivity index is 3.08. The van der Waals surface area contributed by atoms with Crippen LogP contribution in [0.15, 0.2) is 4.79 Å². The Bertz CT molecular complexity index is 528. The summed E-state index contributed by atoms with van der Waals surface area (Å²) >= 11 is 4.01. The van der Waals surface area contributed by atoms with Crippen LogP contribution in [-0.4, -0.2) is 24.2 Å². The standard InChI is InChI=1S/C6H7N5OS/c1-3-4-5(11(13)8-3)7-9-10(2)6(4)12/h13H,1-2H3. The zero-order chi connectivity index (χ0) is 9.59. The van der Waals surface area contributed by atoms with Crippen LogP contribution in [0.25, 0.3) is 11.0 Å². The van der Waals surface area contributed by atoms with E-state index in [1.165, 1.54) is 8.77 Å². The lowest BCUT2D eigenvalue weighted by atomic mass is 10.3. The molecular formula is C6H7N5OS. The third-order valence-corrected chi connectivity index (χ3v) is 2.08. The van der Waals surface area contributed by atoms with Crippen molar-refractivity contribution in [1.29, 1.82) is 0 Å². The van der Waals surface area contributed by atoms with E-state index in [2.05, 4.69) is 28.2 Å². The van der Waals surface area contributed by atoms with Crippen molar-refractivity contribution in [2.24, 2.45) is 7.05 Å². The molecule has 0 aliphatic heterocycles. The van der Waals surface area contributed by atoms with E-state index in [4.69, 9.17) is 0 Å². The zero-order valence-electron chi connectivity index (χ0n) is 7.09. The fourth-order valence-electron chi connectivity index (χ4n) is 1.15. The Morgan fingerprint density at radius 3 is 2.85 bits per heavy atom. The van der Waals surface area contributed by atoms with Gasteiger partial charge in [-0.3, -0.25) is 4.79 Å². The van der Waals surface area contributed by atoms with Crippen molar-refractivity contribution in [3.05, 3.63) is 16.0 Å². The van der Waals surface area contributed by atoms with Crippen LogP contribution in [0, 0.1) is 6.92 Å². The molecule has 2 heterocycles. The molecule has 7 heteroatoms. The van der Waals surface area contributed by atoms with Crippen molar-refractivity contribution in [1.82, 2.24) is 24.2 Å². The van der Waals surface area contributed by atoms with Crippen LogP contribution in [0.1, 0.15) is 5.69 Å². The largest absolute Gasteiger partial charge is 0.280 e. The second-order valence-electron chi connectivity index (χ2n) is 2.69. The second-order valence-corrected chi connectivity index (χ2v) is 3.07. The van der Waals surface area contributed by atoms with Gasteiger partial charge in [0.2, 0.25) is 0 Å². The molecule has 68 valence electrons. The first kappa shape index (κ1) is 8.24. The molecule has 6 nitrogen and oxygen atoms in total. The molecule has 2 rings (SSSR count). The molecular weight excluding hydrogens is 190 g/mol. The summed E-state index contributed by atoms with van der Waals surface area (Å²) < 4.78 is 2.42.